The van der Waals surface area contributed by atoms with Gasteiger partial charge in [0.1, 0.15) is 75.9 Å². The number of methoxy groups -OCH3 is 2. The predicted octanol–water partition coefficient (Wildman–Crippen LogP) is 11.2. The molecule has 0 saturated carbocycles. The third kappa shape index (κ3) is 20.0. The van der Waals surface area contributed by atoms with Crippen molar-refractivity contribution in [2.45, 2.75) is 64.1 Å². The van der Waals surface area contributed by atoms with Crippen LogP contribution in [0, 0.1) is 0 Å². The molecule has 2 aliphatic rings. The molecule has 0 bridgehead atoms. The zero-order valence-corrected chi connectivity index (χ0v) is 54.1. The predicted molar refractivity (Wildman–Crippen MR) is 360 cm³/mol. The number of carbonyl (C=O) groups excluding carboxylic acids is 3. The number of hydrogen-bond acceptors (Lipinski definition) is 17. The molecule has 6 aromatic carbocycles. The van der Waals surface area contributed by atoms with Gasteiger partial charge in [0.25, 0.3) is 22.9 Å². The summed E-state index contributed by atoms with van der Waals surface area (Å²) in [7, 11) is 3.29. The Kier molecular flexibility index (Phi) is 25.4. The van der Waals surface area contributed by atoms with E-state index in [9.17, 15) is 24.0 Å². The Bertz CT molecular complexity index is 3910. The standard InChI is InChI=1S/C39H45N3O9.C34H37N3O7/c1-39(2,3)51-38(45)40-20-22-47-23-24-48-25-26-49-28-14-16-30(17-15-28)50-29-12-10-27(11-13-29)41-36(43)33-8-6-21-42(37(33)44)34-19-18-32-31(34)7-5-9-35(32)46-4;1-40-32-6-2-4-28-29(32)15-16-31(28)37-18-3-5-30(34(37)39)33(38)36-24-7-9-26(10-8-24)44-27-13-11-25(12-14-27)43-23-22-42-21-20-41-19-17-35/h5-17,21,34H,18-20,22-26H2,1-4H3,(H,40,45)(H,41,43);2-14,18,31H,15-17,19-23,35H2,1H3,(H,36,38). The molecule has 2 aromatic heterocycles. The van der Waals surface area contributed by atoms with E-state index in [4.69, 9.17) is 57.8 Å². The van der Waals surface area contributed by atoms with Crippen LogP contribution in [0.25, 0.3) is 0 Å². The van der Waals surface area contributed by atoms with Crippen LogP contribution in [0.5, 0.6) is 46.0 Å². The van der Waals surface area contributed by atoms with Crippen LogP contribution < -0.4 is 61.2 Å². The maximum Gasteiger partial charge on any atom is 0.407 e. The van der Waals surface area contributed by atoms with Crippen LogP contribution in [0.4, 0.5) is 16.2 Å². The van der Waals surface area contributed by atoms with E-state index < -0.39 is 23.5 Å². The lowest BCUT2D eigenvalue weighted by Crippen LogP contribution is -2.34. The number of anilines is 2. The molecule has 2 heterocycles. The number of nitrogens with two attached hydrogens (primary N) is 1. The van der Waals surface area contributed by atoms with Gasteiger partial charge in [-0.3, -0.25) is 19.2 Å². The minimum absolute atomic E-state index is 0.0682. The molecule has 500 valence electrons. The molecule has 8 aromatic rings. The largest absolute Gasteiger partial charge is 0.496 e. The molecule has 0 spiro atoms. The molecular formula is C73H82N6O16. The van der Waals surface area contributed by atoms with Gasteiger partial charge in [-0.15, -0.1) is 0 Å². The molecular weight excluding hydrogens is 1220 g/mol. The van der Waals surface area contributed by atoms with E-state index in [-0.39, 0.29) is 34.3 Å². The summed E-state index contributed by atoms with van der Waals surface area (Å²) in [6.45, 7) is 10.6. The second-order valence-corrected chi connectivity index (χ2v) is 22.9. The van der Waals surface area contributed by atoms with Crippen LogP contribution in [0.3, 0.4) is 0 Å². The van der Waals surface area contributed by atoms with Crippen LogP contribution in [0.1, 0.15) is 88.7 Å². The van der Waals surface area contributed by atoms with E-state index in [2.05, 4.69) is 16.0 Å². The Hall–Kier alpha value is -9.97. The van der Waals surface area contributed by atoms with Crippen molar-refractivity contribution < 1.29 is 66.5 Å². The molecule has 2 atom stereocenters. The average molecular weight is 1300 g/mol. The van der Waals surface area contributed by atoms with Crippen molar-refractivity contribution in [3.05, 3.63) is 224 Å². The Balaban J connectivity index is 0.000000226. The summed E-state index contributed by atoms with van der Waals surface area (Å²) in [5.41, 5.74) is 9.68. The summed E-state index contributed by atoms with van der Waals surface area (Å²) in [4.78, 5) is 64.7. The molecule has 95 heavy (non-hydrogen) atoms. The Morgan fingerprint density at radius 1 is 0.474 bits per heavy atom. The molecule has 3 amide bonds. The van der Waals surface area contributed by atoms with Gasteiger partial charge in [-0.25, -0.2) is 4.79 Å². The van der Waals surface area contributed by atoms with E-state index in [1.165, 1.54) is 0 Å². The van der Waals surface area contributed by atoms with Crippen LogP contribution >= 0.6 is 0 Å². The Morgan fingerprint density at radius 3 is 1.25 bits per heavy atom. The first-order chi connectivity index (χ1) is 46.2. The van der Waals surface area contributed by atoms with Crippen molar-refractivity contribution in [1.29, 1.82) is 0 Å². The summed E-state index contributed by atoms with van der Waals surface area (Å²) in [5, 5.41) is 8.29. The lowest BCUT2D eigenvalue weighted by atomic mass is 10.1. The number of fused-ring (bicyclic) bond motifs is 2. The highest BCUT2D eigenvalue weighted by Gasteiger charge is 2.30. The van der Waals surface area contributed by atoms with Gasteiger partial charge < -0.3 is 82.9 Å². The number of amides is 3. The number of nitrogens with one attached hydrogen (secondary N) is 3. The molecule has 22 nitrogen and oxygen atoms in total. The molecule has 22 heteroatoms. The SMILES string of the molecule is COc1cccc2c1CCC2n1cccc(C(=O)Nc2ccc(Oc3ccc(OCCOCCOCCN)cc3)cc2)c1=O.COc1cccc2c1CCC2n1cccc(C(=O)Nc2ccc(Oc3ccc(OCCOCCOCCNC(=O)OC(C)(C)C)cc3)cc2)c1=O. The van der Waals surface area contributed by atoms with Crippen molar-refractivity contribution in [3.63, 3.8) is 0 Å². The van der Waals surface area contributed by atoms with Gasteiger partial charge in [0.15, 0.2) is 0 Å². The van der Waals surface area contributed by atoms with Crippen molar-refractivity contribution >= 4 is 29.3 Å². The highest BCUT2D eigenvalue weighted by Crippen LogP contribution is 2.40. The third-order valence-electron chi connectivity index (χ3n) is 15.2. The molecule has 2 unspecified atom stereocenters. The number of alkyl carbamates (subject to hydrolysis) is 1. The fourth-order valence-corrected chi connectivity index (χ4v) is 10.8. The van der Waals surface area contributed by atoms with Crippen molar-refractivity contribution in [2.75, 3.05) is 104 Å². The van der Waals surface area contributed by atoms with Gasteiger partial charge in [0, 0.05) is 36.9 Å². The number of ether oxygens (including phenoxy) is 11. The first-order valence-electron chi connectivity index (χ1n) is 31.5. The zero-order valence-electron chi connectivity index (χ0n) is 54.1. The number of hydrogen-bond donors (Lipinski definition) is 4. The van der Waals surface area contributed by atoms with Gasteiger partial charge >= 0.3 is 6.09 Å². The molecule has 5 N–H and O–H groups in total. The van der Waals surface area contributed by atoms with E-state index in [0.717, 1.165) is 59.4 Å². The van der Waals surface area contributed by atoms with E-state index in [1.54, 1.807) is 133 Å². The number of aromatic nitrogens is 2. The normalized spacial score (nSPS) is 13.7. The second-order valence-electron chi connectivity index (χ2n) is 22.9. The molecule has 10 rings (SSSR count). The summed E-state index contributed by atoms with van der Waals surface area (Å²) < 4.78 is 64.4. The van der Waals surface area contributed by atoms with E-state index in [0.29, 0.717) is 125 Å². The Morgan fingerprint density at radius 2 is 0.853 bits per heavy atom. The average Bonchev–Trinajstić information content (AvgIpc) is 1.68. The lowest BCUT2D eigenvalue weighted by molar-refractivity contribution is 0.0327. The fraction of sp³-hybridized carbons (Fsp3) is 0.329. The molecule has 0 saturated heterocycles. The van der Waals surface area contributed by atoms with Crippen molar-refractivity contribution in [2.24, 2.45) is 5.73 Å². The maximum absolute atomic E-state index is 13.4. The van der Waals surface area contributed by atoms with E-state index in [1.807, 2.05) is 81.4 Å². The molecule has 0 radical (unpaired) electrons. The van der Waals surface area contributed by atoms with Crippen LogP contribution in [0.15, 0.2) is 180 Å². The number of pyridine rings is 2. The van der Waals surface area contributed by atoms with E-state index >= 15 is 0 Å². The topological polar surface area (TPSA) is 259 Å². The van der Waals surface area contributed by atoms with Gasteiger partial charge in [-0.05, 0) is 202 Å². The second kappa shape index (κ2) is 34.8. The van der Waals surface area contributed by atoms with Gasteiger partial charge in [0.2, 0.25) is 0 Å². The lowest BCUT2D eigenvalue weighted by Gasteiger charge is -2.19. The van der Waals surface area contributed by atoms with Crippen LogP contribution in [-0.4, -0.2) is 126 Å². The number of benzene rings is 6. The third-order valence-corrected chi connectivity index (χ3v) is 15.2. The minimum atomic E-state index is -0.533. The van der Waals surface area contributed by atoms with Crippen molar-refractivity contribution in [3.8, 4) is 46.0 Å². The molecule has 0 fully saturated rings. The number of rotatable bonds is 31. The first-order valence-corrected chi connectivity index (χ1v) is 31.5. The fourth-order valence-electron chi connectivity index (χ4n) is 10.8. The van der Waals surface area contributed by atoms with Crippen LogP contribution in [0.2, 0.25) is 0 Å². The molecule has 2 aliphatic carbocycles. The molecule has 0 aliphatic heterocycles. The van der Waals surface area contributed by atoms with Gasteiger partial charge in [-0.1, -0.05) is 24.3 Å². The zero-order chi connectivity index (χ0) is 66.9. The Labute approximate surface area is 552 Å². The van der Waals surface area contributed by atoms with Crippen molar-refractivity contribution in [1.82, 2.24) is 14.5 Å². The summed E-state index contributed by atoms with van der Waals surface area (Å²) in [6.07, 6.45) is 6.12. The van der Waals surface area contributed by atoms with Gasteiger partial charge in [-0.2, -0.15) is 0 Å². The first kappa shape index (κ1) is 69.4. The maximum atomic E-state index is 13.4. The quantitative estimate of drug-likeness (QED) is 0.0294. The highest BCUT2D eigenvalue weighted by molar-refractivity contribution is 6.04. The number of nitrogens with zero attached hydrogens (tertiary/aromatic N) is 2. The summed E-state index contributed by atoms with van der Waals surface area (Å²) >= 11 is 0. The number of carbonyl (C=O) groups is 3. The van der Waals surface area contributed by atoms with Crippen LogP contribution in [-0.2, 0) is 36.5 Å². The summed E-state index contributed by atoms with van der Waals surface area (Å²) in [6, 6.07) is 46.3. The van der Waals surface area contributed by atoms with Gasteiger partial charge in [0.05, 0.1) is 79.2 Å². The summed E-state index contributed by atoms with van der Waals surface area (Å²) in [5.74, 6) is 4.49. The minimum Gasteiger partial charge on any atom is -0.496 e. The highest BCUT2D eigenvalue weighted by atomic mass is 16.6. The monoisotopic (exact) mass is 1300 g/mol. The smallest absolute Gasteiger partial charge is 0.407 e.